The molecule has 7 nitrogen and oxygen atoms in total. The van der Waals surface area contributed by atoms with E-state index in [2.05, 4.69) is 15.0 Å². The number of ether oxygens (including phenoxy) is 1. The van der Waals surface area contributed by atoms with E-state index in [0.717, 1.165) is 17.7 Å². The number of carbonyl (C=O) groups excluding carboxylic acids is 1. The molecule has 1 atom stereocenters. The van der Waals surface area contributed by atoms with Crippen LogP contribution in [0.4, 0.5) is 13.2 Å². The number of hydrogen-bond acceptors (Lipinski definition) is 6. The summed E-state index contributed by atoms with van der Waals surface area (Å²) in [6.45, 7) is 4.22. The van der Waals surface area contributed by atoms with Gasteiger partial charge < -0.3 is 14.2 Å². The summed E-state index contributed by atoms with van der Waals surface area (Å²) in [4.78, 5) is 21.0. The number of nitrogens with zero attached hydrogens (tertiary/aromatic N) is 4. The van der Waals surface area contributed by atoms with Gasteiger partial charge in [0.25, 0.3) is 0 Å². The predicted octanol–water partition coefficient (Wildman–Crippen LogP) is 4.21. The zero-order valence-corrected chi connectivity index (χ0v) is 18.9. The number of carbonyl (C=O) groups is 1. The quantitative estimate of drug-likeness (QED) is 0.533. The number of amides is 1. The van der Waals surface area contributed by atoms with Gasteiger partial charge in [0.15, 0.2) is 0 Å². The third-order valence-corrected chi connectivity index (χ3v) is 6.00. The fourth-order valence-electron chi connectivity index (χ4n) is 4.00. The lowest BCUT2D eigenvalue weighted by Crippen LogP contribution is -2.49. The molecule has 4 rings (SSSR count). The number of para-hydroxylation sites is 1. The van der Waals surface area contributed by atoms with Crippen molar-refractivity contribution in [1.82, 2.24) is 19.9 Å². The Morgan fingerprint density at radius 3 is 2.56 bits per heavy atom. The van der Waals surface area contributed by atoms with Crippen LogP contribution in [-0.2, 0) is 17.4 Å². The van der Waals surface area contributed by atoms with Crippen molar-refractivity contribution in [2.45, 2.75) is 25.6 Å². The molecule has 2 heterocycles. The smallest absolute Gasteiger partial charge is 0.416 e. The van der Waals surface area contributed by atoms with E-state index in [1.807, 2.05) is 36.1 Å². The zero-order valence-electron chi connectivity index (χ0n) is 18.9. The molecule has 1 aromatic heterocycles. The first kappa shape index (κ1) is 23.7. The van der Waals surface area contributed by atoms with Crippen LogP contribution in [0.2, 0.25) is 0 Å². The molecule has 2 aromatic carbocycles. The summed E-state index contributed by atoms with van der Waals surface area (Å²) in [5, 5.41) is 3.88. The van der Waals surface area contributed by atoms with Gasteiger partial charge >= 0.3 is 6.18 Å². The number of piperazine rings is 1. The van der Waals surface area contributed by atoms with Crippen LogP contribution in [0.3, 0.4) is 0 Å². The van der Waals surface area contributed by atoms with E-state index in [1.165, 1.54) is 12.1 Å². The van der Waals surface area contributed by atoms with Crippen LogP contribution >= 0.6 is 0 Å². The highest BCUT2D eigenvalue weighted by atomic mass is 19.4. The molecule has 0 aliphatic carbocycles. The number of hydrogen-bond donors (Lipinski definition) is 0. The third kappa shape index (κ3) is 5.22. The molecule has 180 valence electrons. The Labute approximate surface area is 195 Å². The molecule has 1 amide bonds. The summed E-state index contributed by atoms with van der Waals surface area (Å²) in [5.41, 5.74) is 0.320. The van der Waals surface area contributed by atoms with Gasteiger partial charge in [-0.05, 0) is 25.1 Å². The molecular weight excluding hydrogens is 449 g/mol. The molecule has 34 heavy (non-hydrogen) atoms. The summed E-state index contributed by atoms with van der Waals surface area (Å²) < 4.78 is 49.7. The monoisotopic (exact) mass is 474 g/mol. The zero-order chi connectivity index (χ0) is 24.3. The fourth-order valence-corrected chi connectivity index (χ4v) is 4.00. The molecule has 0 bridgehead atoms. The molecule has 1 fully saturated rings. The van der Waals surface area contributed by atoms with Crippen molar-refractivity contribution in [3.63, 3.8) is 0 Å². The third-order valence-electron chi connectivity index (χ3n) is 6.00. The lowest BCUT2D eigenvalue weighted by molar-refractivity contribution is -0.137. The molecule has 10 heteroatoms. The Balaban J connectivity index is 1.36. The minimum absolute atomic E-state index is 0.0291. The summed E-state index contributed by atoms with van der Waals surface area (Å²) in [7, 11) is 1.58. The van der Waals surface area contributed by atoms with Crippen LogP contribution in [0, 0.1) is 0 Å². The summed E-state index contributed by atoms with van der Waals surface area (Å²) in [5.74, 6) is 1.15. The van der Waals surface area contributed by atoms with Crippen molar-refractivity contribution in [2.75, 3.05) is 33.3 Å². The maximum Gasteiger partial charge on any atom is 0.416 e. The van der Waals surface area contributed by atoms with E-state index in [-0.39, 0.29) is 29.8 Å². The molecule has 0 spiro atoms. The Kier molecular flexibility index (Phi) is 6.87. The maximum atomic E-state index is 13.0. The molecule has 0 N–H and O–H groups in total. The van der Waals surface area contributed by atoms with Crippen LogP contribution in [0.5, 0.6) is 5.75 Å². The van der Waals surface area contributed by atoms with Crippen LogP contribution in [0.25, 0.3) is 11.4 Å². The van der Waals surface area contributed by atoms with Gasteiger partial charge in [-0.25, -0.2) is 0 Å². The highest BCUT2D eigenvalue weighted by Gasteiger charge is 2.31. The summed E-state index contributed by atoms with van der Waals surface area (Å²) in [6, 6.07) is 12.1. The minimum Gasteiger partial charge on any atom is -0.496 e. The highest BCUT2D eigenvalue weighted by molar-refractivity contribution is 5.79. The summed E-state index contributed by atoms with van der Waals surface area (Å²) in [6.07, 6.45) is -4.18. The largest absolute Gasteiger partial charge is 0.496 e. The maximum absolute atomic E-state index is 13.0. The second-order valence-electron chi connectivity index (χ2n) is 8.12. The molecule has 0 saturated carbocycles. The molecule has 1 aliphatic rings. The predicted molar refractivity (Wildman–Crippen MR) is 118 cm³/mol. The normalized spacial score (nSPS) is 15.9. The van der Waals surface area contributed by atoms with Crippen molar-refractivity contribution in [2.24, 2.45) is 0 Å². The van der Waals surface area contributed by atoms with Crippen molar-refractivity contribution in [1.29, 1.82) is 0 Å². The Morgan fingerprint density at radius 1 is 1.12 bits per heavy atom. The second-order valence-corrected chi connectivity index (χ2v) is 8.12. The van der Waals surface area contributed by atoms with E-state index in [1.54, 1.807) is 7.11 Å². The standard InChI is InChI=1S/C24H25F3N4O3/c1-16(23-28-22(29-34-23)18-7-5-8-19(14-18)24(25,26)27)30-10-12-31(13-11-30)21(32)15-17-6-3-4-9-20(17)33-2/h3-9,14,16H,10-13,15H2,1-2H3. The van der Waals surface area contributed by atoms with Crippen LogP contribution in [-0.4, -0.2) is 59.1 Å². The van der Waals surface area contributed by atoms with Gasteiger partial charge in [0.05, 0.1) is 25.1 Å². The van der Waals surface area contributed by atoms with Crippen molar-refractivity contribution >= 4 is 5.91 Å². The van der Waals surface area contributed by atoms with E-state index in [9.17, 15) is 18.0 Å². The second kappa shape index (κ2) is 9.84. The van der Waals surface area contributed by atoms with Gasteiger partial charge in [-0.2, -0.15) is 18.2 Å². The Morgan fingerprint density at radius 2 is 1.85 bits per heavy atom. The van der Waals surface area contributed by atoms with Gasteiger partial charge in [0.2, 0.25) is 17.6 Å². The van der Waals surface area contributed by atoms with Crippen LogP contribution in [0.1, 0.15) is 30.0 Å². The van der Waals surface area contributed by atoms with Gasteiger partial charge in [-0.1, -0.05) is 35.5 Å². The first-order valence-electron chi connectivity index (χ1n) is 10.9. The van der Waals surface area contributed by atoms with Crippen molar-refractivity contribution in [3.8, 4) is 17.1 Å². The number of alkyl halides is 3. The van der Waals surface area contributed by atoms with E-state index in [0.29, 0.717) is 37.8 Å². The Hall–Kier alpha value is -3.40. The topological polar surface area (TPSA) is 71.7 Å². The number of aromatic nitrogens is 2. The molecule has 1 saturated heterocycles. The van der Waals surface area contributed by atoms with Gasteiger partial charge in [0.1, 0.15) is 5.75 Å². The van der Waals surface area contributed by atoms with Gasteiger partial charge in [-0.3, -0.25) is 9.69 Å². The van der Waals surface area contributed by atoms with Gasteiger partial charge in [0, 0.05) is 37.3 Å². The molecule has 1 aliphatic heterocycles. The van der Waals surface area contributed by atoms with E-state index >= 15 is 0 Å². The molecule has 0 radical (unpaired) electrons. The van der Waals surface area contributed by atoms with Gasteiger partial charge in [-0.15, -0.1) is 0 Å². The lowest BCUT2D eigenvalue weighted by Gasteiger charge is -2.36. The minimum atomic E-state index is -4.45. The lowest BCUT2D eigenvalue weighted by atomic mass is 10.1. The summed E-state index contributed by atoms with van der Waals surface area (Å²) >= 11 is 0. The fraction of sp³-hybridized carbons (Fsp3) is 0.375. The molecule has 3 aromatic rings. The number of rotatable bonds is 6. The first-order valence-corrected chi connectivity index (χ1v) is 10.9. The van der Waals surface area contributed by atoms with Crippen LogP contribution in [0.15, 0.2) is 53.1 Å². The molecular formula is C24H25F3N4O3. The number of halogens is 3. The SMILES string of the molecule is COc1ccccc1CC(=O)N1CCN(C(C)c2nc(-c3cccc(C(F)(F)F)c3)no2)CC1. The van der Waals surface area contributed by atoms with Crippen LogP contribution < -0.4 is 4.74 Å². The van der Waals surface area contributed by atoms with Crippen molar-refractivity contribution in [3.05, 3.63) is 65.5 Å². The highest BCUT2D eigenvalue weighted by Crippen LogP contribution is 2.32. The van der Waals surface area contributed by atoms with E-state index < -0.39 is 11.7 Å². The van der Waals surface area contributed by atoms with E-state index in [4.69, 9.17) is 9.26 Å². The average Bonchev–Trinajstić information content (AvgIpc) is 3.34. The Bertz CT molecular complexity index is 1140. The number of benzene rings is 2. The van der Waals surface area contributed by atoms with Crippen molar-refractivity contribution < 1.29 is 27.2 Å². The number of methoxy groups -OCH3 is 1. The average molecular weight is 474 g/mol. The first-order chi connectivity index (χ1) is 16.3. The molecule has 1 unspecified atom stereocenters.